The Kier molecular flexibility index (Phi) is 3.42. The fourth-order valence-corrected chi connectivity index (χ4v) is 1.90. The van der Waals surface area contributed by atoms with Crippen molar-refractivity contribution < 1.29 is 9.90 Å². The Morgan fingerprint density at radius 2 is 1.79 bits per heavy atom. The van der Waals surface area contributed by atoms with Crippen molar-refractivity contribution in [3.8, 4) is 5.75 Å². The van der Waals surface area contributed by atoms with Gasteiger partial charge in [-0.15, -0.1) is 0 Å². The zero-order chi connectivity index (χ0) is 14.0. The number of nitrogen functional groups attached to an aromatic ring is 1. The Bertz CT molecular complexity index is 606. The van der Waals surface area contributed by atoms with Crippen molar-refractivity contribution in [1.82, 2.24) is 0 Å². The average Bonchev–Trinajstić information content (AvgIpc) is 2.38. The second kappa shape index (κ2) is 5.02. The van der Waals surface area contributed by atoms with Gasteiger partial charge in [0.25, 0.3) is 5.91 Å². The van der Waals surface area contributed by atoms with Crippen LogP contribution in [0.2, 0.25) is 0 Å². The molecule has 0 aliphatic carbocycles. The molecule has 2 aromatic rings. The number of hydrogen-bond acceptors (Lipinski definition) is 3. The first kappa shape index (κ1) is 13.0. The highest BCUT2D eigenvalue weighted by Crippen LogP contribution is 2.21. The number of benzene rings is 2. The summed E-state index contributed by atoms with van der Waals surface area (Å²) in [5, 5.41) is 9.25. The Balaban J connectivity index is 2.30. The van der Waals surface area contributed by atoms with Crippen LogP contribution in [0.3, 0.4) is 0 Å². The normalized spacial score (nSPS) is 10.2. The molecule has 0 saturated heterocycles. The molecular formula is C15H16N2O2. The van der Waals surface area contributed by atoms with E-state index in [9.17, 15) is 9.90 Å². The second-order valence-electron chi connectivity index (χ2n) is 4.45. The maximum absolute atomic E-state index is 12.4. The van der Waals surface area contributed by atoms with Crippen molar-refractivity contribution in [3.63, 3.8) is 0 Å². The number of phenolic OH excluding ortho intramolecular Hbond substituents is 1. The zero-order valence-electron chi connectivity index (χ0n) is 10.9. The number of carbonyl (C=O) groups excluding carboxylic acids is 1. The molecule has 0 fully saturated rings. The molecule has 2 rings (SSSR count). The van der Waals surface area contributed by atoms with Crippen LogP contribution < -0.4 is 10.6 Å². The number of phenols is 1. The summed E-state index contributed by atoms with van der Waals surface area (Å²) < 4.78 is 0. The summed E-state index contributed by atoms with van der Waals surface area (Å²) in [5.74, 6) is 0.0662. The predicted octanol–water partition coefficient (Wildman–Crippen LogP) is 2.56. The average molecular weight is 256 g/mol. The summed E-state index contributed by atoms with van der Waals surface area (Å²) in [7, 11) is 1.70. The SMILES string of the molecule is Cc1cc(N)ccc1C(=O)N(C)c1ccc(O)cc1. The van der Waals surface area contributed by atoms with Gasteiger partial charge < -0.3 is 15.7 Å². The van der Waals surface area contributed by atoms with Crippen LogP contribution >= 0.6 is 0 Å². The Morgan fingerprint density at radius 3 is 2.37 bits per heavy atom. The first-order valence-corrected chi connectivity index (χ1v) is 5.92. The molecule has 0 bridgehead atoms. The number of nitrogens with zero attached hydrogens (tertiary/aromatic N) is 1. The van der Waals surface area contributed by atoms with Crippen molar-refractivity contribution in [1.29, 1.82) is 0 Å². The molecule has 0 atom stereocenters. The summed E-state index contributed by atoms with van der Waals surface area (Å²) in [6, 6.07) is 11.7. The smallest absolute Gasteiger partial charge is 0.258 e. The number of nitrogens with two attached hydrogens (primary N) is 1. The van der Waals surface area contributed by atoms with E-state index < -0.39 is 0 Å². The Morgan fingerprint density at radius 1 is 1.16 bits per heavy atom. The van der Waals surface area contributed by atoms with Crippen LogP contribution in [-0.2, 0) is 0 Å². The summed E-state index contributed by atoms with van der Waals surface area (Å²) in [5.41, 5.74) is 8.50. The number of hydrogen-bond donors (Lipinski definition) is 2. The molecule has 4 nitrogen and oxygen atoms in total. The van der Waals surface area contributed by atoms with E-state index >= 15 is 0 Å². The number of anilines is 2. The fraction of sp³-hybridized carbons (Fsp3) is 0.133. The van der Waals surface area contributed by atoms with Gasteiger partial charge in [0.05, 0.1) is 0 Å². The van der Waals surface area contributed by atoms with Crippen LogP contribution in [0.4, 0.5) is 11.4 Å². The molecule has 19 heavy (non-hydrogen) atoms. The quantitative estimate of drug-likeness (QED) is 0.811. The van der Waals surface area contributed by atoms with E-state index in [-0.39, 0.29) is 11.7 Å². The lowest BCUT2D eigenvalue weighted by Crippen LogP contribution is -2.26. The van der Waals surface area contributed by atoms with Crippen LogP contribution in [0, 0.1) is 6.92 Å². The molecule has 98 valence electrons. The number of aryl methyl sites for hydroxylation is 1. The lowest BCUT2D eigenvalue weighted by atomic mass is 10.1. The number of rotatable bonds is 2. The molecule has 4 heteroatoms. The van der Waals surface area contributed by atoms with Crippen LogP contribution in [0.15, 0.2) is 42.5 Å². The molecule has 3 N–H and O–H groups in total. The monoisotopic (exact) mass is 256 g/mol. The van der Waals surface area contributed by atoms with Gasteiger partial charge in [0.2, 0.25) is 0 Å². The molecule has 2 aromatic carbocycles. The minimum atomic E-state index is -0.108. The molecule has 0 aliphatic rings. The van der Waals surface area contributed by atoms with Crippen LogP contribution in [0.1, 0.15) is 15.9 Å². The minimum absolute atomic E-state index is 0.108. The van der Waals surface area contributed by atoms with Crippen molar-refractivity contribution in [3.05, 3.63) is 53.6 Å². The van der Waals surface area contributed by atoms with E-state index in [1.807, 2.05) is 6.92 Å². The van der Waals surface area contributed by atoms with E-state index in [4.69, 9.17) is 5.73 Å². The molecule has 0 saturated carbocycles. The fourth-order valence-electron chi connectivity index (χ4n) is 1.90. The molecule has 1 amide bonds. The second-order valence-corrected chi connectivity index (χ2v) is 4.45. The lowest BCUT2D eigenvalue weighted by molar-refractivity contribution is 0.0992. The summed E-state index contributed by atoms with van der Waals surface area (Å²) in [6.45, 7) is 1.86. The van der Waals surface area contributed by atoms with Crippen LogP contribution in [0.5, 0.6) is 5.75 Å². The first-order valence-electron chi connectivity index (χ1n) is 5.92. The van der Waals surface area contributed by atoms with Gasteiger partial charge in [-0.1, -0.05) is 0 Å². The van der Waals surface area contributed by atoms with E-state index in [2.05, 4.69) is 0 Å². The minimum Gasteiger partial charge on any atom is -0.508 e. The van der Waals surface area contributed by atoms with E-state index in [0.717, 1.165) is 11.3 Å². The lowest BCUT2D eigenvalue weighted by Gasteiger charge is -2.18. The van der Waals surface area contributed by atoms with Crippen molar-refractivity contribution in [2.24, 2.45) is 0 Å². The van der Waals surface area contributed by atoms with Gasteiger partial charge in [-0.25, -0.2) is 0 Å². The Hall–Kier alpha value is -2.49. The highest BCUT2D eigenvalue weighted by Gasteiger charge is 2.15. The Labute approximate surface area is 112 Å². The van der Waals surface area contributed by atoms with E-state index in [0.29, 0.717) is 11.3 Å². The van der Waals surface area contributed by atoms with Gasteiger partial charge in [0.15, 0.2) is 0 Å². The van der Waals surface area contributed by atoms with Gasteiger partial charge in [0, 0.05) is 24.0 Å². The van der Waals surface area contributed by atoms with Crippen molar-refractivity contribution in [2.45, 2.75) is 6.92 Å². The van der Waals surface area contributed by atoms with E-state index in [1.54, 1.807) is 49.5 Å². The molecule has 0 aromatic heterocycles. The zero-order valence-corrected chi connectivity index (χ0v) is 10.9. The maximum atomic E-state index is 12.4. The van der Waals surface area contributed by atoms with E-state index in [1.165, 1.54) is 4.90 Å². The molecule has 0 unspecified atom stereocenters. The van der Waals surface area contributed by atoms with Crippen molar-refractivity contribution >= 4 is 17.3 Å². The third-order valence-corrected chi connectivity index (χ3v) is 3.02. The van der Waals surface area contributed by atoms with Gasteiger partial charge in [-0.2, -0.15) is 0 Å². The topological polar surface area (TPSA) is 66.6 Å². The van der Waals surface area contributed by atoms with Gasteiger partial charge in [-0.05, 0) is 55.0 Å². The largest absolute Gasteiger partial charge is 0.508 e. The predicted molar refractivity (Wildman–Crippen MR) is 76.4 cm³/mol. The van der Waals surface area contributed by atoms with Gasteiger partial charge >= 0.3 is 0 Å². The molecule has 0 spiro atoms. The van der Waals surface area contributed by atoms with Gasteiger partial charge in [0.1, 0.15) is 5.75 Å². The third-order valence-electron chi connectivity index (χ3n) is 3.02. The maximum Gasteiger partial charge on any atom is 0.258 e. The van der Waals surface area contributed by atoms with Crippen LogP contribution in [-0.4, -0.2) is 18.1 Å². The molecule has 0 heterocycles. The number of carbonyl (C=O) groups is 1. The highest BCUT2D eigenvalue weighted by molar-refractivity contribution is 6.06. The number of aromatic hydroxyl groups is 1. The van der Waals surface area contributed by atoms with Crippen molar-refractivity contribution in [2.75, 3.05) is 17.7 Å². The third kappa shape index (κ3) is 2.68. The van der Waals surface area contributed by atoms with Gasteiger partial charge in [-0.3, -0.25) is 4.79 Å². The summed E-state index contributed by atoms with van der Waals surface area (Å²) in [6.07, 6.45) is 0. The number of amides is 1. The first-order chi connectivity index (χ1) is 8.99. The molecule has 0 aliphatic heterocycles. The highest BCUT2D eigenvalue weighted by atomic mass is 16.3. The molecule has 0 radical (unpaired) electrons. The summed E-state index contributed by atoms with van der Waals surface area (Å²) >= 11 is 0. The standard InChI is InChI=1S/C15H16N2O2/c1-10-9-11(16)3-8-14(10)15(19)17(2)12-4-6-13(18)7-5-12/h3-9,18H,16H2,1-2H3. The summed E-state index contributed by atoms with van der Waals surface area (Å²) in [4.78, 5) is 13.9. The van der Waals surface area contributed by atoms with Crippen LogP contribution in [0.25, 0.3) is 0 Å². The molecular weight excluding hydrogens is 240 g/mol.